The molecule has 0 bridgehead atoms. The third-order valence-electron chi connectivity index (χ3n) is 8.78. The van der Waals surface area contributed by atoms with E-state index in [1.165, 1.54) is 23.4 Å². The minimum atomic E-state index is -4.81. The third kappa shape index (κ3) is 5.18. The van der Waals surface area contributed by atoms with E-state index in [9.17, 15) is 36.2 Å². The second-order valence-corrected chi connectivity index (χ2v) is 11.7. The molecule has 1 atom stereocenters. The molecule has 6 rings (SSSR count). The highest BCUT2D eigenvalue weighted by Crippen LogP contribution is 2.55. The van der Waals surface area contributed by atoms with Crippen LogP contribution in [-0.4, -0.2) is 96.1 Å². The van der Waals surface area contributed by atoms with Gasteiger partial charge in [-0.3, -0.25) is 14.8 Å². The number of aromatic amines is 1. The van der Waals surface area contributed by atoms with Crippen LogP contribution < -0.4 is 5.32 Å². The molecule has 3 N–H and O–H groups in total. The van der Waals surface area contributed by atoms with E-state index in [-0.39, 0.29) is 35.1 Å². The Morgan fingerprint density at radius 1 is 1.12 bits per heavy atom. The Kier molecular flexibility index (Phi) is 6.72. The average Bonchev–Trinajstić information content (AvgIpc) is 3.34. The monoisotopic (exact) mass is 600 g/mol. The van der Waals surface area contributed by atoms with Crippen molar-refractivity contribution in [3.63, 3.8) is 0 Å². The number of nitrogens with zero attached hydrogens (tertiary/aromatic N) is 6. The van der Waals surface area contributed by atoms with E-state index in [1.54, 1.807) is 0 Å². The van der Waals surface area contributed by atoms with Crippen molar-refractivity contribution in [2.24, 2.45) is 0 Å². The molecular formula is C26H30F6N8O2. The molecular weight excluding hydrogens is 570 g/mol. The zero-order chi connectivity index (χ0) is 30.1. The molecule has 3 aromatic heterocycles. The Labute approximate surface area is 236 Å². The van der Waals surface area contributed by atoms with Crippen LogP contribution >= 0.6 is 0 Å². The Balaban J connectivity index is 1.27. The highest BCUT2D eigenvalue weighted by atomic mass is 19.4. The van der Waals surface area contributed by atoms with Crippen molar-refractivity contribution in [2.45, 2.75) is 74.5 Å². The zero-order valence-electron chi connectivity index (χ0n) is 22.7. The first kappa shape index (κ1) is 28.7. The molecule has 3 aliphatic rings. The van der Waals surface area contributed by atoms with Crippen molar-refractivity contribution in [1.82, 2.24) is 34.8 Å². The lowest BCUT2D eigenvalue weighted by molar-refractivity contribution is -0.277. The maximum atomic E-state index is 13.5. The quantitative estimate of drug-likeness (QED) is 0.376. The number of halogens is 6. The number of carbonyl (C=O) groups is 1. The number of amides is 2. The highest BCUT2D eigenvalue weighted by molar-refractivity contribution is 5.95. The fraction of sp³-hybridized carbons (Fsp3) is 0.615. The molecule has 42 heavy (non-hydrogen) atoms. The summed E-state index contributed by atoms with van der Waals surface area (Å²) in [4.78, 5) is 21.2. The van der Waals surface area contributed by atoms with Gasteiger partial charge < -0.3 is 20.2 Å². The summed E-state index contributed by atoms with van der Waals surface area (Å²) in [5, 5.41) is 24.4. The van der Waals surface area contributed by atoms with Crippen LogP contribution in [0.3, 0.4) is 0 Å². The standard InChI is InChI=1S/C26H30F6N8O2/c1-38-7-2-15(3-8-38)20-16-11-33-17(10-19(16)40(37-20)14-25(27,28)29)21-18(12-34-36-21)35-22(41)39-9-6-24(42,26(30,31)32)13-23(39)4-5-23/h10-12,15,42H,2-9,13-14H2,1H3,(H,34,36)(H,35,41)/t24-/m1/s1. The van der Waals surface area contributed by atoms with Crippen molar-refractivity contribution in [3.8, 4) is 11.4 Å². The van der Waals surface area contributed by atoms with Crippen molar-refractivity contribution in [3.05, 3.63) is 24.2 Å². The van der Waals surface area contributed by atoms with Gasteiger partial charge >= 0.3 is 18.4 Å². The summed E-state index contributed by atoms with van der Waals surface area (Å²) in [6.07, 6.45) is -5.61. The number of piperidine rings is 2. The van der Waals surface area contributed by atoms with Gasteiger partial charge in [-0.15, -0.1) is 0 Å². The number of pyridine rings is 1. The van der Waals surface area contributed by atoms with Gasteiger partial charge in [-0.25, -0.2) is 4.79 Å². The van der Waals surface area contributed by atoms with Crippen LogP contribution in [0.25, 0.3) is 22.3 Å². The van der Waals surface area contributed by atoms with Gasteiger partial charge in [0, 0.05) is 42.4 Å². The number of nitrogens with one attached hydrogen (secondary N) is 2. The first-order valence-electron chi connectivity index (χ1n) is 13.7. The topological polar surface area (TPSA) is 115 Å². The minimum Gasteiger partial charge on any atom is -0.380 e. The van der Waals surface area contributed by atoms with E-state index in [0.717, 1.165) is 30.6 Å². The third-order valence-corrected chi connectivity index (χ3v) is 8.78. The van der Waals surface area contributed by atoms with Gasteiger partial charge in [-0.1, -0.05) is 0 Å². The lowest BCUT2D eigenvalue weighted by Gasteiger charge is -2.45. The lowest BCUT2D eigenvalue weighted by Crippen LogP contribution is -2.60. The lowest BCUT2D eigenvalue weighted by atomic mass is 9.84. The van der Waals surface area contributed by atoms with Crippen LogP contribution in [0.4, 0.5) is 36.8 Å². The Hall–Kier alpha value is -3.40. The van der Waals surface area contributed by atoms with Gasteiger partial charge in [0.2, 0.25) is 0 Å². The van der Waals surface area contributed by atoms with Crippen LogP contribution in [0.2, 0.25) is 0 Å². The molecule has 2 aliphatic heterocycles. The van der Waals surface area contributed by atoms with Crippen LogP contribution in [0.1, 0.15) is 50.1 Å². The van der Waals surface area contributed by atoms with Gasteiger partial charge in [-0.2, -0.15) is 36.5 Å². The van der Waals surface area contributed by atoms with E-state index in [0.29, 0.717) is 23.9 Å². The predicted molar refractivity (Wildman–Crippen MR) is 139 cm³/mol. The number of aromatic nitrogens is 5. The van der Waals surface area contributed by atoms with Crippen LogP contribution in [0.5, 0.6) is 0 Å². The molecule has 5 heterocycles. The fourth-order valence-electron chi connectivity index (χ4n) is 6.27. The van der Waals surface area contributed by atoms with E-state index < -0.39 is 48.9 Å². The molecule has 2 amide bonds. The molecule has 3 aromatic rings. The number of fused-ring (bicyclic) bond motifs is 1. The van der Waals surface area contributed by atoms with Gasteiger partial charge in [0.1, 0.15) is 12.2 Å². The molecule has 3 fully saturated rings. The van der Waals surface area contributed by atoms with Gasteiger partial charge in [0.05, 0.1) is 28.8 Å². The molecule has 0 unspecified atom stereocenters. The number of carbonyl (C=O) groups excluding carboxylic acids is 1. The number of aliphatic hydroxyl groups is 1. The minimum absolute atomic E-state index is 0.0119. The normalized spacial score (nSPS) is 23.6. The maximum absolute atomic E-state index is 13.5. The molecule has 228 valence electrons. The number of rotatable bonds is 4. The summed E-state index contributed by atoms with van der Waals surface area (Å²) in [5.74, 6) is -0.0119. The van der Waals surface area contributed by atoms with Gasteiger partial charge in [-0.05, 0) is 51.9 Å². The number of alkyl halides is 6. The summed E-state index contributed by atoms with van der Waals surface area (Å²) in [6, 6.07) is 0.801. The molecule has 0 radical (unpaired) electrons. The molecule has 1 spiro atoms. The highest BCUT2D eigenvalue weighted by Gasteiger charge is 2.65. The first-order chi connectivity index (χ1) is 19.7. The number of hydrogen-bond acceptors (Lipinski definition) is 6. The Bertz CT molecular complexity index is 1490. The van der Waals surface area contributed by atoms with Crippen molar-refractivity contribution >= 4 is 22.6 Å². The summed E-state index contributed by atoms with van der Waals surface area (Å²) in [5.41, 5.74) is -2.56. The summed E-state index contributed by atoms with van der Waals surface area (Å²) >= 11 is 0. The molecule has 16 heteroatoms. The van der Waals surface area contributed by atoms with Crippen LogP contribution in [0, 0.1) is 0 Å². The van der Waals surface area contributed by atoms with Crippen molar-refractivity contribution < 1.29 is 36.2 Å². The van der Waals surface area contributed by atoms with Crippen molar-refractivity contribution in [2.75, 3.05) is 32.0 Å². The summed E-state index contributed by atoms with van der Waals surface area (Å²) < 4.78 is 81.8. The van der Waals surface area contributed by atoms with Crippen LogP contribution in [-0.2, 0) is 6.54 Å². The van der Waals surface area contributed by atoms with Crippen LogP contribution in [0.15, 0.2) is 18.5 Å². The summed E-state index contributed by atoms with van der Waals surface area (Å²) in [7, 11) is 1.99. The largest absolute Gasteiger partial charge is 0.417 e. The maximum Gasteiger partial charge on any atom is 0.417 e. The van der Waals surface area contributed by atoms with E-state index in [2.05, 4.69) is 30.5 Å². The van der Waals surface area contributed by atoms with E-state index >= 15 is 0 Å². The second kappa shape index (κ2) is 9.82. The zero-order valence-corrected chi connectivity index (χ0v) is 22.7. The van der Waals surface area contributed by atoms with Crippen molar-refractivity contribution in [1.29, 1.82) is 0 Å². The average molecular weight is 601 g/mol. The molecule has 1 saturated carbocycles. The second-order valence-electron chi connectivity index (χ2n) is 11.7. The number of urea groups is 1. The number of likely N-dealkylation sites (tertiary alicyclic amines) is 2. The number of hydrogen-bond donors (Lipinski definition) is 3. The van der Waals surface area contributed by atoms with E-state index in [1.807, 2.05) is 7.05 Å². The number of anilines is 1. The molecule has 0 aromatic carbocycles. The predicted octanol–water partition coefficient (Wildman–Crippen LogP) is 4.65. The van der Waals surface area contributed by atoms with E-state index in [4.69, 9.17) is 0 Å². The Morgan fingerprint density at radius 3 is 2.48 bits per heavy atom. The smallest absolute Gasteiger partial charge is 0.380 e. The SMILES string of the molecule is CN1CCC(c2nn(CC(F)(F)F)c3cc(-c4[nH]ncc4NC(=O)N4CC[C@](O)(C(F)(F)F)CC45CC5)ncc23)CC1. The first-order valence-corrected chi connectivity index (χ1v) is 13.7. The van der Waals surface area contributed by atoms with Gasteiger partial charge in [0.25, 0.3) is 0 Å². The van der Waals surface area contributed by atoms with Gasteiger partial charge in [0.15, 0.2) is 5.60 Å². The molecule has 10 nitrogen and oxygen atoms in total. The molecule has 1 aliphatic carbocycles. The Morgan fingerprint density at radius 2 is 1.83 bits per heavy atom. The molecule has 2 saturated heterocycles. The summed E-state index contributed by atoms with van der Waals surface area (Å²) in [6.45, 7) is 0.0205. The number of H-pyrrole nitrogens is 1. The fourth-order valence-corrected chi connectivity index (χ4v) is 6.27.